The summed E-state index contributed by atoms with van der Waals surface area (Å²) < 4.78 is 0. The van der Waals surface area contributed by atoms with E-state index in [4.69, 9.17) is 5.11 Å². The molecule has 0 heterocycles. The van der Waals surface area contributed by atoms with Crippen LogP contribution in [0.15, 0.2) is 0 Å². The second-order valence-corrected chi connectivity index (χ2v) is 6.38. The first-order chi connectivity index (χ1) is 9.56. The lowest BCUT2D eigenvalue weighted by Gasteiger charge is -2.24. The lowest BCUT2D eigenvalue weighted by Crippen LogP contribution is -2.47. The molecule has 2 fully saturated rings. The summed E-state index contributed by atoms with van der Waals surface area (Å²) in [5.41, 5.74) is 0. The molecule has 2 aliphatic carbocycles. The van der Waals surface area contributed by atoms with E-state index in [-0.39, 0.29) is 24.0 Å². The van der Waals surface area contributed by atoms with Gasteiger partial charge in [-0.15, -0.1) is 0 Å². The van der Waals surface area contributed by atoms with E-state index in [9.17, 15) is 9.59 Å². The average Bonchev–Trinajstić information content (AvgIpc) is 2.76. The number of carbonyl (C=O) groups excluding carboxylic acids is 1. The molecule has 2 unspecified atom stereocenters. The monoisotopic (exact) mass is 282 g/mol. The molecule has 114 valence electrons. The van der Waals surface area contributed by atoms with Crippen molar-refractivity contribution in [1.82, 2.24) is 10.6 Å². The van der Waals surface area contributed by atoms with Crippen LogP contribution in [0.5, 0.6) is 0 Å². The van der Waals surface area contributed by atoms with Gasteiger partial charge in [0.1, 0.15) is 0 Å². The van der Waals surface area contributed by atoms with Crippen LogP contribution in [-0.2, 0) is 4.79 Å². The van der Waals surface area contributed by atoms with E-state index in [0.717, 1.165) is 12.8 Å². The standard InChI is InChI=1S/C15H26N2O3/c1-10-5-3-2-4-6-13(10)17-15(20)16-12-8-7-11(9-12)14(18)19/h10-13H,2-9H2,1H3,(H,18,19)(H2,16,17,20)/t10?,11-,12+,13?/m1/s1. The number of rotatable bonds is 3. The fraction of sp³-hybridized carbons (Fsp3) is 0.867. The normalized spacial score (nSPS) is 34.2. The minimum absolute atomic E-state index is 0.0113. The highest BCUT2D eigenvalue weighted by Crippen LogP contribution is 2.26. The maximum Gasteiger partial charge on any atom is 0.315 e. The molecule has 0 aliphatic heterocycles. The molecule has 20 heavy (non-hydrogen) atoms. The van der Waals surface area contributed by atoms with Crippen LogP contribution in [-0.4, -0.2) is 29.2 Å². The SMILES string of the molecule is CC1CCCCCC1NC(=O)N[C@H]1CC[C@@H](C(=O)O)C1. The van der Waals surface area contributed by atoms with Gasteiger partial charge in [-0.2, -0.15) is 0 Å². The minimum atomic E-state index is -0.743. The van der Waals surface area contributed by atoms with Gasteiger partial charge in [-0.05, 0) is 38.0 Å². The lowest BCUT2D eigenvalue weighted by atomic mass is 9.97. The molecule has 5 heteroatoms. The number of carboxylic acids is 1. The summed E-state index contributed by atoms with van der Waals surface area (Å²) in [7, 11) is 0. The van der Waals surface area contributed by atoms with E-state index in [1.54, 1.807) is 0 Å². The Labute approximate surface area is 120 Å². The van der Waals surface area contributed by atoms with Crippen LogP contribution in [0.3, 0.4) is 0 Å². The van der Waals surface area contributed by atoms with Crippen molar-refractivity contribution >= 4 is 12.0 Å². The van der Waals surface area contributed by atoms with Crippen molar-refractivity contribution < 1.29 is 14.7 Å². The minimum Gasteiger partial charge on any atom is -0.481 e. The van der Waals surface area contributed by atoms with Crippen LogP contribution in [0.25, 0.3) is 0 Å². The van der Waals surface area contributed by atoms with Crippen LogP contribution in [0.1, 0.15) is 58.3 Å². The summed E-state index contributed by atoms with van der Waals surface area (Å²) >= 11 is 0. The largest absolute Gasteiger partial charge is 0.481 e. The Morgan fingerprint density at radius 3 is 2.45 bits per heavy atom. The predicted octanol–water partition coefficient (Wildman–Crippen LogP) is 2.51. The van der Waals surface area contributed by atoms with E-state index in [2.05, 4.69) is 17.6 Å². The summed E-state index contributed by atoms with van der Waals surface area (Å²) in [5, 5.41) is 15.0. The van der Waals surface area contributed by atoms with Gasteiger partial charge >= 0.3 is 12.0 Å². The zero-order chi connectivity index (χ0) is 14.5. The Morgan fingerprint density at radius 2 is 1.75 bits per heavy atom. The highest BCUT2D eigenvalue weighted by molar-refractivity contribution is 5.75. The van der Waals surface area contributed by atoms with Crippen molar-refractivity contribution in [2.45, 2.75) is 70.4 Å². The quantitative estimate of drug-likeness (QED) is 0.696. The maximum absolute atomic E-state index is 12.0. The molecular formula is C15H26N2O3. The number of hydrogen-bond donors (Lipinski definition) is 3. The summed E-state index contributed by atoms with van der Waals surface area (Å²) in [6.07, 6.45) is 7.91. The first-order valence-electron chi connectivity index (χ1n) is 7.86. The second kappa shape index (κ2) is 6.95. The van der Waals surface area contributed by atoms with E-state index >= 15 is 0 Å². The molecule has 2 saturated carbocycles. The number of carboxylic acid groups (broad SMARTS) is 1. The van der Waals surface area contributed by atoms with Gasteiger partial charge in [-0.25, -0.2) is 4.79 Å². The van der Waals surface area contributed by atoms with Gasteiger partial charge in [0.15, 0.2) is 0 Å². The zero-order valence-corrected chi connectivity index (χ0v) is 12.2. The molecule has 0 aromatic heterocycles. The molecule has 4 atom stereocenters. The molecule has 0 spiro atoms. The number of urea groups is 1. The number of nitrogens with one attached hydrogen (secondary N) is 2. The zero-order valence-electron chi connectivity index (χ0n) is 12.2. The molecule has 2 amide bonds. The van der Waals surface area contributed by atoms with Crippen molar-refractivity contribution in [3.8, 4) is 0 Å². The fourth-order valence-corrected chi connectivity index (χ4v) is 3.44. The smallest absolute Gasteiger partial charge is 0.315 e. The highest BCUT2D eigenvalue weighted by atomic mass is 16.4. The Hall–Kier alpha value is -1.26. The number of aliphatic carboxylic acids is 1. The molecule has 0 aromatic rings. The average molecular weight is 282 g/mol. The first-order valence-corrected chi connectivity index (χ1v) is 7.86. The summed E-state index contributed by atoms with van der Waals surface area (Å²) in [6.45, 7) is 2.20. The first kappa shape index (κ1) is 15.1. The molecule has 0 bridgehead atoms. The summed E-state index contributed by atoms with van der Waals surface area (Å²) in [4.78, 5) is 22.9. The topological polar surface area (TPSA) is 78.4 Å². The molecule has 5 nitrogen and oxygen atoms in total. The number of amides is 2. The van der Waals surface area contributed by atoms with Crippen LogP contribution >= 0.6 is 0 Å². The number of carbonyl (C=O) groups is 2. The van der Waals surface area contributed by atoms with Crippen molar-refractivity contribution in [3.63, 3.8) is 0 Å². The molecule has 0 radical (unpaired) electrons. The molecule has 3 N–H and O–H groups in total. The van der Waals surface area contributed by atoms with E-state index in [1.807, 2.05) is 0 Å². The van der Waals surface area contributed by atoms with E-state index in [0.29, 0.717) is 18.8 Å². The van der Waals surface area contributed by atoms with E-state index in [1.165, 1.54) is 25.7 Å². The van der Waals surface area contributed by atoms with Crippen molar-refractivity contribution in [2.24, 2.45) is 11.8 Å². The lowest BCUT2D eigenvalue weighted by molar-refractivity contribution is -0.141. The Bertz CT molecular complexity index is 359. The van der Waals surface area contributed by atoms with Gasteiger partial charge in [0.25, 0.3) is 0 Å². The predicted molar refractivity (Wildman–Crippen MR) is 76.5 cm³/mol. The molecule has 2 rings (SSSR count). The molecule has 2 aliphatic rings. The Morgan fingerprint density at radius 1 is 1.00 bits per heavy atom. The van der Waals surface area contributed by atoms with Gasteiger partial charge in [0.2, 0.25) is 0 Å². The van der Waals surface area contributed by atoms with Gasteiger partial charge in [0.05, 0.1) is 5.92 Å². The van der Waals surface area contributed by atoms with Gasteiger partial charge in [-0.3, -0.25) is 4.79 Å². The van der Waals surface area contributed by atoms with Crippen molar-refractivity contribution in [3.05, 3.63) is 0 Å². The maximum atomic E-state index is 12.0. The Kier molecular flexibility index (Phi) is 5.26. The molecule has 0 saturated heterocycles. The summed E-state index contributed by atoms with van der Waals surface area (Å²) in [5.74, 6) is -0.511. The van der Waals surface area contributed by atoms with Crippen LogP contribution in [0.2, 0.25) is 0 Å². The van der Waals surface area contributed by atoms with Gasteiger partial charge < -0.3 is 15.7 Å². The molecule has 0 aromatic carbocycles. The fourth-order valence-electron chi connectivity index (χ4n) is 3.44. The highest BCUT2D eigenvalue weighted by Gasteiger charge is 2.31. The van der Waals surface area contributed by atoms with Crippen LogP contribution in [0, 0.1) is 11.8 Å². The third kappa shape index (κ3) is 4.12. The summed E-state index contributed by atoms with van der Waals surface area (Å²) in [6, 6.07) is 0.145. The third-order valence-electron chi connectivity index (χ3n) is 4.80. The van der Waals surface area contributed by atoms with Gasteiger partial charge in [-0.1, -0.05) is 26.2 Å². The number of hydrogen-bond acceptors (Lipinski definition) is 2. The van der Waals surface area contributed by atoms with E-state index < -0.39 is 5.97 Å². The van der Waals surface area contributed by atoms with Crippen molar-refractivity contribution in [2.75, 3.05) is 0 Å². The second-order valence-electron chi connectivity index (χ2n) is 6.38. The van der Waals surface area contributed by atoms with Crippen molar-refractivity contribution in [1.29, 1.82) is 0 Å². The Balaban J connectivity index is 1.76. The van der Waals surface area contributed by atoms with Crippen LogP contribution in [0.4, 0.5) is 4.79 Å². The molecular weight excluding hydrogens is 256 g/mol. The third-order valence-corrected chi connectivity index (χ3v) is 4.80. The van der Waals surface area contributed by atoms with Crippen LogP contribution < -0.4 is 10.6 Å². The van der Waals surface area contributed by atoms with Gasteiger partial charge in [0, 0.05) is 12.1 Å².